The van der Waals surface area contributed by atoms with E-state index < -0.39 is 5.82 Å². The molecule has 3 rings (SSSR count). The Balaban J connectivity index is 1.56. The summed E-state index contributed by atoms with van der Waals surface area (Å²) >= 11 is 0. The van der Waals surface area contributed by atoms with Crippen LogP contribution in [-0.4, -0.2) is 64.1 Å². The highest BCUT2D eigenvalue weighted by atomic mass is 19.1. The minimum Gasteiger partial charge on any atom is -0.337 e. The number of carbonyl (C=O) groups excluding carboxylic acids is 2. The van der Waals surface area contributed by atoms with E-state index in [4.69, 9.17) is 0 Å². The van der Waals surface area contributed by atoms with Crippen molar-refractivity contribution < 1.29 is 14.0 Å². The van der Waals surface area contributed by atoms with Gasteiger partial charge in [0.2, 0.25) is 5.91 Å². The monoisotopic (exact) mass is 387 g/mol. The van der Waals surface area contributed by atoms with Crippen molar-refractivity contribution in [2.75, 3.05) is 38.0 Å². The molecule has 0 atom stereocenters. The van der Waals surface area contributed by atoms with E-state index in [1.54, 1.807) is 23.0 Å². The molecule has 28 heavy (non-hydrogen) atoms. The third-order valence-electron chi connectivity index (χ3n) is 5.10. The second-order valence-corrected chi connectivity index (χ2v) is 7.22. The second-order valence-electron chi connectivity index (χ2n) is 7.22. The van der Waals surface area contributed by atoms with Crippen molar-refractivity contribution in [3.05, 3.63) is 47.0 Å². The predicted molar refractivity (Wildman–Crippen MR) is 105 cm³/mol. The molecular weight excluding hydrogens is 361 g/mol. The topological polar surface area (TPSA) is 70.5 Å². The highest BCUT2D eigenvalue weighted by Crippen LogP contribution is 2.16. The van der Waals surface area contributed by atoms with Crippen molar-refractivity contribution in [2.45, 2.75) is 20.3 Å². The average molecular weight is 387 g/mol. The first-order valence-electron chi connectivity index (χ1n) is 9.41. The number of hydrogen-bond acceptors (Lipinski definition) is 4. The summed E-state index contributed by atoms with van der Waals surface area (Å²) in [6, 6.07) is 4.63. The summed E-state index contributed by atoms with van der Waals surface area (Å²) in [5.74, 6) is -0.732. The SMILES string of the molecule is Cc1ccc(F)c(NC(=O)CN2CCCN(C(=O)c3cnn(C)c3C)CC2)c1. The van der Waals surface area contributed by atoms with E-state index in [1.165, 1.54) is 6.07 Å². The van der Waals surface area contributed by atoms with Crippen LogP contribution in [0.15, 0.2) is 24.4 Å². The van der Waals surface area contributed by atoms with Gasteiger partial charge < -0.3 is 10.2 Å². The number of amides is 2. The minimum absolute atomic E-state index is 0.0290. The number of anilines is 1. The summed E-state index contributed by atoms with van der Waals surface area (Å²) in [6.45, 7) is 6.37. The van der Waals surface area contributed by atoms with Crippen LogP contribution in [0.4, 0.5) is 10.1 Å². The lowest BCUT2D eigenvalue weighted by Gasteiger charge is -2.21. The summed E-state index contributed by atoms with van der Waals surface area (Å²) < 4.78 is 15.5. The average Bonchev–Trinajstić information content (AvgIpc) is 2.84. The van der Waals surface area contributed by atoms with E-state index in [0.717, 1.165) is 17.7 Å². The number of nitrogens with one attached hydrogen (secondary N) is 1. The largest absolute Gasteiger partial charge is 0.337 e. The zero-order chi connectivity index (χ0) is 20.3. The third kappa shape index (κ3) is 4.56. The van der Waals surface area contributed by atoms with Crippen molar-refractivity contribution in [3.63, 3.8) is 0 Å². The van der Waals surface area contributed by atoms with Gasteiger partial charge in [0.25, 0.3) is 5.91 Å². The van der Waals surface area contributed by atoms with Crippen LogP contribution in [0.2, 0.25) is 0 Å². The van der Waals surface area contributed by atoms with Gasteiger partial charge in [-0.2, -0.15) is 5.10 Å². The van der Waals surface area contributed by atoms with Crippen LogP contribution in [0.1, 0.15) is 28.0 Å². The fraction of sp³-hybridized carbons (Fsp3) is 0.450. The fourth-order valence-corrected chi connectivity index (χ4v) is 3.34. The van der Waals surface area contributed by atoms with Crippen LogP contribution in [-0.2, 0) is 11.8 Å². The highest BCUT2D eigenvalue weighted by molar-refractivity contribution is 5.95. The first-order valence-corrected chi connectivity index (χ1v) is 9.41. The van der Waals surface area contributed by atoms with Gasteiger partial charge in [-0.25, -0.2) is 4.39 Å². The summed E-state index contributed by atoms with van der Waals surface area (Å²) in [5, 5.41) is 6.78. The van der Waals surface area contributed by atoms with Crippen LogP contribution in [0.25, 0.3) is 0 Å². The van der Waals surface area contributed by atoms with Gasteiger partial charge in [0.15, 0.2) is 0 Å². The van der Waals surface area contributed by atoms with Gasteiger partial charge >= 0.3 is 0 Å². The Hall–Kier alpha value is -2.74. The molecule has 1 saturated heterocycles. The maximum Gasteiger partial charge on any atom is 0.257 e. The molecule has 8 heteroatoms. The molecular formula is C20H26FN5O2. The van der Waals surface area contributed by atoms with Crippen molar-refractivity contribution in [1.82, 2.24) is 19.6 Å². The van der Waals surface area contributed by atoms with Crippen molar-refractivity contribution >= 4 is 17.5 Å². The smallest absolute Gasteiger partial charge is 0.257 e. The molecule has 0 radical (unpaired) electrons. The summed E-state index contributed by atoms with van der Waals surface area (Å²) in [4.78, 5) is 28.9. The molecule has 0 bridgehead atoms. The van der Waals surface area contributed by atoms with Crippen molar-refractivity contribution in [3.8, 4) is 0 Å². The molecule has 0 aliphatic carbocycles. The first-order chi connectivity index (χ1) is 13.3. The number of carbonyl (C=O) groups is 2. The van der Waals surface area contributed by atoms with Crippen LogP contribution in [0.3, 0.4) is 0 Å². The van der Waals surface area contributed by atoms with E-state index in [1.807, 2.05) is 30.7 Å². The Kier molecular flexibility index (Phi) is 6.08. The molecule has 7 nitrogen and oxygen atoms in total. The Morgan fingerprint density at radius 2 is 1.96 bits per heavy atom. The lowest BCUT2D eigenvalue weighted by molar-refractivity contribution is -0.117. The number of halogens is 1. The zero-order valence-electron chi connectivity index (χ0n) is 16.5. The quantitative estimate of drug-likeness (QED) is 0.871. The van der Waals surface area contributed by atoms with Crippen molar-refractivity contribution in [2.24, 2.45) is 7.05 Å². The molecule has 1 aliphatic heterocycles. The van der Waals surface area contributed by atoms with Gasteiger partial charge in [-0.3, -0.25) is 19.2 Å². The Bertz CT molecular complexity index is 879. The molecule has 150 valence electrons. The number of benzene rings is 1. The van der Waals surface area contributed by atoms with Gasteiger partial charge in [0.05, 0.1) is 24.0 Å². The van der Waals surface area contributed by atoms with Gasteiger partial charge in [-0.1, -0.05) is 6.07 Å². The third-order valence-corrected chi connectivity index (χ3v) is 5.10. The van der Waals surface area contributed by atoms with Gasteiger partial charge in [0.1, 0.15) is 5.82 Å². The number of rotatable bonds is 4. The van der Waals surface area contributed by atoms with Crippen LogP contribution in [0.5, 0.6) is 0 Å². The molecule has 2 amide bonds. The molecule has 1 aromatic carbocycles. The van der Waals surface area contributed by atoms with Crippen LogP contribution in [0, 0.1) is 19.7 Å². The fourth-order valence-electron chi connectivity index (χ4n) is 3.34. The lowest BCUT2D eigenvalue weighted by atomic mass is 10.2. The summed E-state index contributed by atoms with van der Waals surface area (Å²) in [5.41, 5.74) is 2.53. The Morgan fingerprint density at radius 3 is 2.68 bits per heavy atom. The molecule has 0 saturated carbocycles. The minimum atomic E-state index is -0.446. The number of hydrogen-bond donors (Lipinski definition) is 1. The normalized spacial score (nSPS) is 15.4. The Morgan fingerprint density at radius 1 is 1.18 bits per heavy atom. The Labute approximate surface area is 164 Å². The lowest BCUT2D eigenvalue weighted by Crippen LogP contribution is -2.38. The number of aryl methyl sites for hydroxylation is 2. The maximum absolute atomic E-state index is 13.8. The van der Waals surface area contributed by atoms with E-state index >= 15 is 0 Å². The molecule has 0 spiro atoms. The predicted octanol–water partition coefficient (Wildman–Crippen LogP) is 1.96. The van der Waals surface area contributed by atoms with E-state index in [0.29, 0.717) is 31.7 Å². The molecule has 1 aromatic heterocycles. The van der Waals surface area contributed by atoms with E-state index in [-0.39, 0.29) is 24.0 Å². The molecule has 1 aliphatic rings. The summed E-state index contributed by atoms with van der Waals surface area (Å²) in [6.07, 6.45) is 2.38. The van der Waals surface area contributed by atoms with E-state index in [9.17, 15) is 14.0 Å². The van der Waals surface area contributed by atoms with E-state index in [2.05, 4.69) is 10.4 Å². The number of aromatic nitrogens is 2. The molecule has 1 fully saturated rings. The van der Waals surface area contributed by atoms with Gasteiger partial charge in [-0.05, 0) is 38.0 Å². The van der Waals surface area contributed by atoms with Gasteiger partial charge in [-0.15, -0.1) is 0 Å². The summed E-state index contributed by atoms with van der Waals surface area (Å²) in [7, 11) is 1.81. The molecule has 0 unspecified atom stereocenters. The maximum atomic E-state index is 13.8. The zero-order valence-corrected chi connectivity index (χ0v) is 16.5. The number of nitrogens with zero attached hydrogens (tertiary/aromatic N) is 4. The second kappa shape index (κ2) is 8.52. The van der Waals surface area contributed by atoms with Crippen LogP contribution >= 0.6 is 0 Å². The first kappa shape index (κ1) is 20.0. The molecule has 2 heterocycles. The van der Waals surface area contributed by atoms with Gasteiger partial charge in [0, 0.05) is 38.9 Å². The molecule has 1 N–H and O–H groups in total. The van der Waals surface area contributed by atoms with Crippen LogP contribution < -0.4 is 5.32 Å². The standard InChI is InChI=1S/C20H26FN5O2/c1-14-5-6-17(21)18(11-14)23-19(27)13-25-7-4-8-26(10-9-25)20(28)16-12-22-24(3)15(16)2/h5-6,11-12H,4,7-10,13H2,1-3H3,(H,23,27). The van der Waals surface area contributed by atoms with Crippen molar-refractivity contribution in [1.29, 1.82) is 0 Å². The highest BCUT2D eigenvalue weighted by Gasteiger charge is 2.24. The molecule has 2 aromatic rings.